The van der Waals surface area contributed by atoms with Crippen LogP contribution in [0.5, 0.6) is 0 Å². The van der Waals surface area contributed by atoms with Crippen LogP contribution in [0.3, 0.4) is 0 Å². The Kier molecular flexibility index (Phi) is 5.04. The number of rotatable bonds is 5. The zero-order chi connectivity index (χ0) is 15.1. The van der Waals surface area contributed by atoms with Crippen molar-refractivity contribution in [2.45, 2.75) is 12.8 Å². The maximum Gasteiger partial charge on any atom is 0.404 e. The third-order valence-electron chi connectivity index (χ3n) is 2.97. The van der Waals surface area contributed by atoms with Crippen molar-refractivity contribution in [1.82, 2.24) is 0 Å². The lowest BCUT2D eigenvalue weighted by atomic mass is 10.0. The van der Waals surface area contributed by atoms with Crippen LogP contribution in [0.1, 0.15) is 18.4 Å². The van der Waals surface area contributed by atoms with Gasteiger partial charge in [-0.25, -0.2) is 4.79 Å². The van der Waals surface area contributed by atoms with Crippen LogP contribution in [0.15, 0.2) is 64.8 Å². The van der Waals surface area contributed by atoms with E-state index in [0.29, 0.717) is 0 Å². The van der Waals surface area contributed by atoms with Gasteiger partial charge < -0.3 is 10.5 Å². The van der Waals surface area contributed by atoms with Gasteiger partial charge in [0.2, 0.25) is 0 Å². The lowest BCUT2D eigenvalue weighted by Gasteiger charge is -2.11. The number of hydrogen-bond acceptors (Lipinski definition) is 4. The van der Waals surface area contributed by atoms with E-state index < -0.39 is 6.09 Å². The fourth-order valence-corrected chi connectivity index (χ4v) is 1.78. The molecule has 2 aromatic carbocycles. The summed E-state index contributed by atoms with van der Waals surface area (Å²) in [6.07, 6.45) is -0.755. The van der Waals surface area contributed by atoms with E-state index in [1.54, 1.807) is 0 Å². The Hall–Kier alpha value is -2.69. The summed E-state index contributed by atoms with van der Waals surface area (Å²) in [6.45, 7) is 2.23. The van der Waals surface area contributed by atoms with Gasteiger partial charge in [0, 0.05) is 5.92 Å². The largest absolute Gasteiger partial charge is 0.449 e. The van der Waals surface area contributed by atoms with Gasteiger partial charge in [-0.05, 0) is 29.8 Å². The van der Waals surface area contributed by atoms with Crippen molar-refractivity contribution in [3.05, 3.63) is 60.2 Å². The second kappa shape index (κ2) is 7.19. The molecule has 1 unspecified atom stereocenters. The smallest absolute Gasteiger partial charge is 0.404 e. The average molecular weight is 283 g/mol. The highest BCUT2D eigenvalue weighted by molar-refractivity contribution is 5.64. The van der Waals surface area contributed by atoms with E-state index in [1.165, 1.54) is 0 Å². The molecule has 21 heavy (non-hydrogen) atoms. The third kappa shape index (κ3) is 4.72. The predicted molar refractivity (Wildman–Crippen MR) is 81.0 cm³/mol. The molecule has 0 aliphatic carbocycles. The van der Waals surface area contributed by atoms with Crippen LogP contribution in [0.4, 0.5) is 16.2 Å². The van der Waals surface area contributed by atoms with Crippen LogP contribution in [-0.4, -0.2) is 12.7 Å². The van der Waals surface area contributed by atoms with Crippen LogP contribution in [-0.2, 0) is 4.74 Å². The minimum absolute atomic E-state index is 0.0811. The molecule has 1 amide bonds. The van der Waals surface area contributed by atoms with E-state index in [-0.39, 0.29) is 12.5 Å². The van der Waals surface area contributed by atoms with Gasteiger partial charge in [-0.15, -0.1) is 0 Å². The Labute approximate surface area is 123 Å². The topological polar surface area (TPSA) is 77.0 Å². The van der Waals surface area contributed by atoms with E-state index in [9.17, 15) is 4.79 Å². The molecule has 0 fully saturated rings. The molecular weight excluding hydrogens is 266 g/mol. The third-order valence-corrected chi connectivity index (χ3v) is 2.97. The Balaban J connectivity index is 1.98. The van der Waals surface area contributed by atoms with Gasteiger partial charge in [0.1, 0.15) is 0 Å². The summed E-state index contributed by atoms with van der Waals surface area (Å²) in [7, 11) is 0. The average Bonchev–Trinajstić information content (AvgIpc) is 2.52. The van der Waals surface area contributed by atoms with E-state index in [4.69, 9.17) is 10.5 Å². The second-order valence-electron chi connectivity index (χ2n) is 4.66. The molecule has 0 heterocycles. The molecule has 2 aromatic rings. The minimum atomic E-state index is -0.755. The van der Waals surface area contributed by atoms with Gasteiger partial charge in [-0.2, -0.15) is 10.2 Å². The van der Waals surface area contributed by atoms with Gasteiger partial charge in [0.15, 0.2) is 0 Å². The summed E-state index contributed by atoms with van der Waals surface area (Å²) >= 11 is 0. The van der Waals surface area contributed by atoms with Gasteiger partial charge in [0.25, 0.3) is 0 Å². The summed E-state index contributed by atoms with van der Waals surface area (Å²) in [5.41, 5.74) is 7.58. The van der Waals surface area contributed by atoms with E-state index in [0.717, 1.165) is 16.9 Å². The first kappa shape index (κ1) is 14.7. The van der Waals surface area contributed by atoms with Crippen molar-refractivity contribution < 1.29 is 9.53 Å². The molecule has 0 spiro atoms. The van der Waals surface area contributed by atoms with E-state index in [2.05, 4.69) is 10.2 Å². The Morgan fingerprint density at radius 1 is 1.05 bits per heavy atom. The molecule has 0 aromatic heterocycles. The quantitative estimate of drug-likeness (QED) is 0.830. The number of ether oxygens (including phenoxy) is 1. The Bertz CT molecular complexity index is 609. The van der Waals surface area contributed by atoms with Crippen molar-refractivity contribution in [2.24, 2.45) is 16.0 Å². The molecule has 0 saturated heterocycles. The first-order chi connectivity index (χ1) is 10.1. The van der Waals surface area contributed by atoms with Crippen LogP contribution in [0.25, 0.3) is 0 Å². The summed E-state index contributed by atoms with van der Waals surface area (Å²) in [5.74, 6) is 0.0811. The maximum atomic E-state index is 10.6. The molecule has 2 rings (SSSR count). The SMILES string of the molecule is CC(COC(N)=O)c1ccc(N=Nc2ccccc2)cc1. The summed E-state index contributed by atoms with van der Waals surface area (Å²) < 4.78 is 4.79. The zero-order valence-electron chi connectivity index (χ0n) is 11.8. The molecule has 0 saturated carbocycles. The number of carbonyl (C=O) groups excluding carboxylic acids is 1. The fourth-order valence-electron chi connectivity index (χ4n) is 1.78. The molecule has 2 N–H and O–H groups in total. The normalized spacial score (nSPS) is 12.2. The molecule has 5 nitrogen and oxygen atoms in total. The molecule has 108 valence electrons. The Morgan fingerprint density at radius 3 is 2.19 bits per heavy atom. The number of carbonyl (C=O) groups is 1. The highest BCUT2D eigenvalue weighted by Gasteiger charge is 2.07. The summed E-state index contributed by atoms with van der Waals surface area (Å²) in [5, 5.41) is 8.32. The van der Waals surface area contributed by atoms with Gasteiger partial charge >= 0.3 is 6.09 Å². The zero-order valence-corrected chi connectivity index (χ0v) is 11.8. The molecule has 0 aliphatic rings. The number of primary amides is 1. The molecule has 0 aliphatic heterocycles. The summed E-state index contributed by atoms with van der Waals surface area (Å²) in [4.78, 5) is 10.6. The number of nitrogens with zero attached hydrogens (tertiary/aromatic N) is 2. The molecular formula is C16H17N3O2. The maximum absolute atomic E-state index is 10.6. The van der Waals surface area contributed by atoms with Crippen molar-refractivity contribution in [3.8, 4) is 0 Å². The van der Waals surface area contributed by atoms with Crippen LogP contribution in [0.2, 0.25) is 0 Å². The van der Waals surface area contributed by atoms with Crippen molar-refractivity contribution >= 4 is 17.5 Å². The van der Waals surface area contributed by atoms with Gasteiger partial charge in [-0.1, -0.05) is 37.3 Å². The number of hydrogen-bond donors (Lipinski definition) is 1. The molecule has 5 heteroatoms. The lowest BCUT2D eigenvalue weighted by Crippen LogP contribution is -2.16. The summed E-state index contributed by atoms with van der Waals surface area (Å²) in [6, 6.07) is 17.2. The van der Waals surface area contributed by atoms with Crippen LogP contribution in [0, 0.1) is 0 Å². The molecule has 1 atom stereocenters. The lowest BCUT2D eigenvalue weighted by molar-refractivity contribution is 0.151. The number of nitrogens with two attached hydrogens (primary N) is 1. The van der Waals surface area contributed by atoms with Crippen molar-refractivity contribution in [2.75, 3.05) is 6.61 Å². The predicted octanol–water partition coefficient (Wildman–Crippen LogP) is 4.30. The van der Waals surface area contributed by atoms with Crippen LogP contribution >= 0.6 is 0 Å². The molecule has 0 bridgehead atoms. The van der Waals surface area contributed by atoms with E-state index >= 15 is 0 Å². The standard InChI is InChI=1S/C16H17N3O2/c1-12(11-21-16(17)20)13-7-9-15(10-8-13)19-18-14-5-3-2-4-6-14/h2-10,12H,11H2,1H3,(H2,17,20). The fraction of sp³-hybridized carbons (Fsp3) is 0.188. The first-order valence-electron chi connectivity index (χ1n) is 6.64. The minimum Gasteiger partial charge on any atom is -0.449 e. The number of benzene rings is 2. The number of azo groups is 1. The van der Waals surface area contributed by atoms with E-state index in [1.807, 2.05) is 61.5 Å². The molecule has 0 radical (unpaired) electrons. The van der Waals surface area contributed by atoms with Crippen LogP contribution < -0.4 is 5.73 Å². The monoisotopic (exact) mass is 283 g/mol. The second-order valence-corrected chi connectivity index (χ2v) is 4.66. The van der Waals surface area contributed by atoms with Crippen molar-refractivity contribution in [3.63, 3.8) is 0 Å². The number of amides is 1. The Morgan fingerprint density at radius 2 is 1.62 bits per heavy atom. The first-order valence-corrected chi connectivity index (χ1v) is 6.64. The van der Waals surface area contributed by atoms with Crippen molar-refractivity contribution in [1.29, 1.82) is 0 Å². The highest BCUT2D eigenvalue weighted by atomic mass is 16.5. The van der Waals surface area contributed by atoms with Gasteiger partial charge in [-0.3, -0.25) is 0 Å². The highest BCUT2D eigenvalue weighted by Crippen LogP contribution is 2.22. The van der Waals surface area contributed by atoms with Gasteiger partial charge in [0.05, 0.1) is 18.0 Å².